The van der Waals surface area contributed by atoms with Crippen LogP contribution in [0.2, 0.25) is 0 Å². The van der Waals surface area contributed by atoms with Crippen molar-refractivity contribution >= 4 is 35.0 Å². The summed E-state index contributed by atoms with van der Waals surface area (Å²) in [4.78, 5) is 49.6. The maximum atomic E-state index is 12.6. The van der Waals surface area contributed by atoms with Gasteiger partial charge in [-0.1, -0.05) is 25.1 Å². The molecule has 0 aliphatic rings. The third-order valence-electron chi connectivity index (χ3n) is 6.42. The Kier molecular flexibility index (Phi) is 11.9. The number of rotatable bonds is 14. The minimum Gasteiger partial charge on any atom is -0.364 e. The van der Waals surface area contributed by atoms with E-state index in [0.717, 1.165) is 5.56 Å². The summed E-state index contributed by atoms with van der Waals surface area (Å²) in [5, 5.41) is 9.02. The SMILES string of the molecule is CCc1nc(C(N)=O)c(Nc2cccc(CCNC(=O)C(C)N(C)C(=O)/C=C/CNC)c2)nc1N(C)C(C)C. The van der Waals surface area contributed by atoms with Crippen molar-refractivity contribution in [1.29, 1.82) is 0 Å². The molecule has 0 fully saturated rings. The number of carbonyl (C=O) groups excluding carboxylic acids is 3. The summed E-state index contributed by atoms with van der Waals surface area (Å²) in [6.07, 6.45) is 4.34. The molecule has 2 rings (SSSR count). The van der Waals surface area contributed by atoms with Gasteiger partial charge in [0.2, 0.25) is 11.8 Å². The highest BCUT2D eigenvalue weighted by molar-refractivity contribution is 5.96. The Hall–Kier alpha value is -3.99. The van der Waals surface area contributed by atoms with Crippen LogP contribution in [0.4, 0.5) is 17.3 Å². The van der Waals surface area contributed by atoms with Crippen molar-refractivity contribution in [2.75, 3.05) is 44.4 Å². The number of benzene rings is 1. The van der Waals surface area contributed by atoms with Crippen molar-refractivity contribution in [3.05, 3.63) is 53.4 Å². The third kappa shape index (κ3) is 8.78. The van der Waals surface area contributed by atoms with E-state index in [-0.39, 0.29) is 29.4 Å². The van der Waals surface area contributed by atoms with Gasteiger partial charge in [0.05, 0.1) is 5.69 Å². The molecule has 1 unspecified atom stereocenters. The van der Waals surface area contributed by atoms with E-state index in [0.29, 0.717) is 43.1 Å². The molecule has 39 heavy (non-hydrogen) atoms. The Morgan fingerprint density at radius 3 is 2.46 bits per heavy atom. The summed E-state index contributed by atoms with van der Waals surface area (Å²) in [5.41, 5.74) is 8.09. The molecule has 0 spiro atoms. The second-order valence-electron chi connectivity index (χ2n) is 9.57. The number of aromatic nitrogens is 2. The number of hydrogen-bond acceptors (Lipinski definition) is 8. The van der Waals surface area contributed by atoms with Crippen LogP contribution >= 0.6 is 0 Å². The number of nitrogens with two attached hydrogens (primary N) is 1. The van der Waals surface area contributed by atoms with Crippen LogP contribution in [-0.2, 0) is 22.4 Å². The van der Waals surface area contributed by atoms with Crippen molar-refractivity contribution in [2.24, 2.45) is 5.73 Å². The standard InChI is InChI=1S/C28H42N8O3/c1-8-22-27(35(6)18(2)3)34-26(24(33-22)25(29)38)32-21-12-9-11-20(17-21)14-16-31-28(39)19(4)36(7)23(37)13-10-15-30-5/h9-13,17-19,30H,8,14-16H2,1-7H3,(H2,29,38)(H,31,39)(H,32,34)/b13-10+. The molecule has 0 aliphatic heterocycles. The fourth-order valence-electron chi connectivity index (χ4n) is 3.67. The van der Waals surface area contributed by atoms with Gasteiger partial charge in [-0.05, 0) is 58.4 Å². The van der Waals surface area contributed by atoms with Gasteiger partial charge < -0.3 is 31.5 Å². The average Bonchev–Trinajstić information content (AvgIpc) is 2.91. The Morgan fingerprint density at radius 2 is 1.85 bits per heavy atom. The summed E-state index contributed by atoms with van der Waals surface area (Å²) in [7, 11) is 5.33. The van der Waals surface area contributed by atoms with Crippen LogP contribution in [0, 0.1) is 0 Å². The van der Waals surface area contributed by atoms with Crippen LogP contribution in [0.1, 0.15) is 49.4 Å². The Balaban J connectivity index is 2.11. The minimum atomic E-state index is -0.660. The van der Waals surface area contributed by atoms with E-state index >= 15 is 0 Å². The molecule has 0 aliphatic carbocycles. The lowest BCUT2D eigenvalue weighted by Gasteiger charge is -2.25. The highest BCUT2D eigenvalue weighted by atomic mass is 16.2. The Morgan fingerprint density at radius 1 is 1.13 bits per heavy atom. The largest absolute Gasteiger partial charge is 0.364 e. The predicted molar refractivity (Wildman–Crippen MR) is 155 cm³/mol. The highest BCUT2D eigenvalue weighted by Gasteiger charge is 2.22. The molecule has 1 aromatic carbocycles. The first kappa shape index (κ1) is 31.2. The second-order valence-corrected chi connectivity index (χ2v) is 9.57. The number of nitrogens with one attached hydrogen (secondary N) is 3. The maximum absolute atomic E-state index is 12.6. The van der Waals surface area contributed by atoms with Crippen molar-refractivity contribution < 1.29 is 14.4 Å². The van der Waals surface area contributed by atoms with Gasteiger partial charge in [0.15, 0.2) is 17.3 Å². The number of likely N-dealkylation sites (N-methyl/N-ethyl adjacent to an activating group) is 2. The molecule has 3 amide bonds. The van der Waals surface area contributed by atoms with Crippen molar-refractivity contribution in [3.63, 3.8) is 0 Å². The number of anilines is 3. The number of nitrogens with zero attached hydrogens (tertiary/aromatic N) is 4. The summed E-state index contributed by atoms with van der Waals surface area (Å²) >= 11 is 0. The average molecular weight is 539 g/mol. The summed E-state index contributed by atoms with van der Waals surface area (Å²) < 4.78 is 0. The number of aryl methyl sites for hydroxylation is 1. The van der Waals surface area contributed by atoms with Gasteiger partial charge in [0, 0.05) is 45.0 Å². The van der Waals surface area contributed by atoms with Crippen LogP contribution < -0.4 is 26.6 Å². The van der Waals surface area contributed by atoms with E-state index < -0.39 is 11.9 Å². The number of carbonyl (C=O) groups is 3. The van der Waals surface area contributed by atoms with E-state index in [1.54, 1.807) is 27.1 Å². The highest BCUT2D eigenvalue weighted by Crippen LogP contribution is 2.25. The topological polar surface area (TPSA) is 146 Å². The van der Waals surface area contributed by atoms with Crippen LogP contribution in [0.25, 0.3) is 0 Å². The van der Waals surface area contributed by atoms with Crippen LogP contribution in [0.3, 0.4) is 0 Å². The fraction of sp³-hybridized carbons (Fsp3) is 0.464. The van der Waals surface area contributed by atoms with E-state index in [1.807, 2.05) is 43.1 Å². The van der Waals surface area contributed by atoms with Gasteiger partial charge in [-0.2, -0.15) is 0 Å². The number of primary amides is 1. The normalized spacial score (nSPS) is 11.9. The zero-order valence-electron chi connectivity index (χ0n) is 24.0. The monoisotopic (exact) mass is 538 g/mol. The lowest BCUT2D eigenvalue weighted by atomic mass is 10.1. The molecule has 11 heteroatoms. The zero-order valence-corrected chi connectivity index (χ0v) is 24.0. The van der Waals surface area contributed by atoms with Crippen LogP contribution in [-0.4, -0.2) is 78.9 Å². The van der Waals surface area contributed by atoms with Crippen LogP contribution in [0.5, 0.6) is 0 Å². The molecule has 11 nitrogen and oxygen atoms in total. The van der Waals surface area contributed by atoms with Gasteiger partial charge in [0.25, 0.3) is 5.91 Å². The van der Waals surface area contributed by atoms with E-state index in [9.17, 15) is 14.4 Å². The molecule has 0 saturated carbocycles. The Labute approximate surface area is 231 Å². The minimum absolute atomic E-state index is 0.0823. The van der Waals surface area contributed by atoms with Gasteiger partial charge >= 0.3 is 0 Å². The quantitative estimate of drug-likeness (QED) is 0.267. The van der Waals surface area contributed by atoms with Gasteiger partial charge in [-0.3, -0.25) is 14.4 Å². The second kappa shape index (κ2) is 14.8. The summed E-state index contributed by atoms with van der Waals surface area (Å²) in [5.74, 6) is -0.152. The summed E-state index contributed by atoms with van der Waals surface area (Å²) in [6.45, 7) is 8.72. The molecule has 1 atom stereocenters. The summed E-state index contributed by atoms with van der Waals surface area (Å²) in [6, 6.07) is 7.18. The molecule has 0 bridgehead atoms. The first-order valence-corrected chi connectivity index (χ1v) is 13.1. The number of hydrogen-bond donors (Lipinski definition) is 4. The molecular weight excluding hydrogens is 496 g/mol. The smallest absolute Gasteiger partial charge is 0.271 e. The van der Waals surface area contributed by atoms with Crippen molar-refractivity contribution in [3.8, 4) is 0 Å². The van der Waals surface area contributed by atoms with Gasteiger partial charge in [-0.25, -0.2) is 9.97 Å². The molecule has 212 valence electrons. The van der Waals surface area contributed by atoms with E-state index in [4.69, 9.17) is 10.7 Å². The first-order chi connectivity index (χ1) is 18.5. The molecular formula is C28H42N8O3. The Bertz CT molecular complexity index is 1180. The van der Waals surface area contributed by atoms with Gasteiger partial charge in [0.1, 0.15) is 6.04 Å². The van der Waals surface area contributed by atoms with E-state index in [2.05, 4.69) is 34.8 Å². The molecule has 1 aromatic heterocycles. The molecule has 5 N–H and O–H groups in total. The molecule has 2 aromatic rings. The van der Waals surface area contributed by atoms with Crippen molar-refractivity contribution in [2.45, 2.75) is 52.6 Å². The molecule has 0 saturated heterocycles. The van der Waals surface area contributed by atoms with Crippen molar-refractivity contribution in [1.82, 2.24) is 25.5 Å². The third-order valence-corrected chi connectivity index (χ3v) is 6.42. The molecule has 1 heterocycles. The zero-order chi connectivity index (χ0) is 29.1. The lowest BCUT2D eigenvalue weighted by molar-refractivity contribution is -0.135. The fourth-order valence-corrected chi connectivity index (χ4v) is 3.67. The maximum Gasteiger partial charge on any atom is 0.271 e. The number of amides is 3. The van der Waals surface area contributed by atoms with E-state index in [1.165, 1.54) is 11.0 Å². The van der Waals surface area contributed by atoms with Crippen LogP contribution in [0.15, 0.2) is 36.4 Å². The van der Waals surface area contributed by atoms with Gasteiger partial charge in [-0.15, -0.1) is 0 Å². The first-order valence-electron chi connectivity index (χ1n) is 13.1. The predicted octanol–water partition coefficient (Wildman–Crippen LogP) is 2.01. The molecule has 0 radical (unpaired) electrons. The lowest BCUT2D eigenvalue weighted by Crippen LogP contribution is -2.45.